The van der Waals surface area contributed by atoms with E-state index in [1.807, 2.05) is 59.1 Å². The maximum atomic E-state index is 12.5. The Morgan fingerprint density at radius 1 is 0.743 bits per heavy atom. The lowest BCUT2D eigenvalue weighted by Crippen LogP contribution is -1.92. The van der Waals surface area contributed by atoms with Gasteiger partial charge in [0.2, 0.25) is 0 Å². The van der Waals surface area contributed by atoms with Crippen LogP contribution in [0.4, 0.5) is 0 Å². The van der Waals surface area contributed by atoms with Gasteiger partial charge in [0.05, 0.1) is 0 Å². The fourth-order valence-corrected chi connectivity index (χ4v) is 7.66. The molecule has 0 unspecified atom stereocenters. The minimum absolute atomic E-state index is 0.0351. The lowest BCUT2D eigenvalue weighted by Gasteiger charge is -2.10. The number of aryl methyl sites for hydroxylation is 2. The minimum Gasteiger partial charge on any atom is -0.289 e. The average molecular weight is 491 g/mol. The second-order valence-corrected chi connectivity index (χ2v) is 11.7. The lowest BCUT2D eigenvalue weighted by molar-refractivity contribution is 0.104. The topological polar surface area (TPSA) is 17.1 Å². The molecule has 172 valence electrons. The average Bonchev–Trinajstić information content (AvgIpc) is 3.56. The van der Waals surface area contributed by atoms with Crippen LogP contribution in [0.1, 0.15) is 56.1 Å². The van der Waals surface area contributed by atoms with Crippen molar-refractivity contribution in [1.29, 1.82) is 0 Å². The number of allylic oxidation sites excluding steroid dienone is 3. The number of rotatable bonds is 5. The third-order valence-corrected chi connectivity index (χ3v) is 9.12. The highest BCUT2D eigenvalue weighted by Crippen LogP contribution is 2.49. The third-order valence-electron chi connectivity index (χ3n) is 6.97. The van der Waals surface area contributed by atoms with E-state index in [9.17, 15) is 4.79 Å². The van der Waals surface area contributed by atoms with Crippen LogP contribution in [0, 0.1) is 13.8 Å². The summed E-state index contributed by atoms with van der Waals surface area (Å²) in [6, 6.07) is 24.9. The summed E-state index contributed by atoms with van der Waals surface area (Å²) < 4.78 is 2.67. The normalized spacial score (nSPS) is 14.1. The molecule has 0 saturated heterocycles. The van der Waals surface area contributed by atoms with Gasteiger partial charge in [-0.1, -0.05) is 66.7 Å². The molecule has 0 saturated carbocycles. The maximum Gasteiger partial charge on any atom is 0.185 e. The fraction of sp³-hybridized carbons (Fsp3) is 0.156. The van der Waals surface area contributed by atoms with E-state index in [2.05, 4.69) is 56.3 Å². The first-order valence-corrected chi connectivity index (χ1v) is 13.7. The van der Waals surface area contributed by atoms with Gasteiger partial charge in [-0.2, -0.15) is 0 Å². The molecule has 0 fully saturated rings. The number of benzene rings is 3. The van der Waals surface area contributed by atoms with E-state index >= 15 is 0 Å². The number of carbonyl (C=O) groups excluding carboxylic acids is 1. The van der Waals surface area contributed by atoms with Gasteiger partial charge in [-0.15, -0.1) is 22.7 Å². The van der Waals surface area contributed by atoms with Crippen LogP contribution in [0.2, 0.25) is 0 Å². The number of hydrogen-bond acceptors (Lipinski definition) is 3. The summed E-state index contributed by atoms with van der Waals surface area (Å²) in [6.45, 7) is 4.53. The van der Waals surface area contributed by atoms with Crippen molar-refractivity contribution in [3.05, 3.63) is 111 Å². The van der Waals surface area contributed by atoms with Gasteiger partial charge < -0.3 is 0 Å². The summed E-state index contributed by atoms with van der Waals surface area (Å²) in [5, 5.41) is 2.74. The van der Waals surface area contributed by atoms with Crippen LogP contribution < -0.4 is 0 Å². The molecule has 1 aliphatic rings. The van der Waals surface area contributed by atoms with Crippen molar-refractivity contribution in [3.63, 3.8) is 0 Å². The molecule has 2 aromatic heterocycles. The third kappa shape index (κ3) is 3.99. The predicted molar refractivity (Wildman–Crippen MR) is 154 cm³/mol. The summed E-state index contributed by atoms with van der Waals surface area (Å²) in [7, 11) is 0. The second kappa shape index (κ2) is 9.07. The highest BCUT2D eigenvalue weighted by atomic mass is 32.1. The van der Waals surface area contributed by atoms with E-state index in [-0.39, 0.29) is 5.78 Å². The summed E-state index contributed by atoms with van der Waals surface area (Å²) in [4.78, 5) is 15.3. The van der Waals surface area contributed by atoms with Gasteiger partial charge in [-0.05, 0) is 79.2 Å². The highest BCUT2D eigenvalue weighted by Gasteiger charge is 2.25. The Labute approximate surface area is 214 Å². The Bertz CT molecular complexity index is 1640. The van der Waals surface area contributed by atoms with Crippen LogP contribution >= 0.6 is 22.7 Å². The van der Waals surface area contributed by atoms with Gasteiger partial charge >= 0.3 is 0 Å². The number of ketones is 1. The summed E-state index contributed by atoms with van der Waals surface area (Å²) in [5.74, 6) is 0.0351. The number of fused-ring (bicyclic) bond motifs is 2. The van der Waals surface area contributed by atoms with E-state index in [0.717, 1.165) is 24.0 Å². The van der Waals surface area contributed by atoms with Crippen molar-refractivity contribution in [1.82, 2.24) is 0 Å². The molecule has 0 aliphatic heterocycles. The van der Waals surface area contributed by atoms with Crippen LogP contribution in [0.3, 0.4) is 0 Å². The molecular weight excluding hydrogens is 464 g/mol. The first-order chi connectivity index (χ1) is 17.1. The molecule has 0 radical (unpaired) electrons. The SMILES string of the molecule is Cc1sc2ccccc2c1C1=C(c2c(C)sc3cc(C=CC(=O)c4ccccc4)ccc23)CCC1. The molecule has 0 spiro atoms. The van der Waals surface area contributed by atoms with Crippen molar-refractivity contribution in [2.24, 2.45) is 0 Å². The Hall–Kier alpha value is -3.27. The molecule has 1 nitrogen and oxygen atoms in total. The number of thiophene rings is 2. The lowest BCUT2D eigenvalue weighted by atomic mass is 9.93. The first-order valence-electron chi connectivity index (χ1n) is 12.1. The first kappa shape index (κ1) is 22.2. The second-order valence-electron chi connectivity index (χ2n) is 9.19. The Balaban J connectivity index is 1.41. The zero-order valence-electron chi connectivity index (χ0n) is 19.9. The number of carbonyl (C=O) groups is 1. The Morgan fingerprint density at radius 2 is 1.37 bits per heavy atom. The molecule has 3 aromatic carbocycles. The molecule has 0 atom stereocenters. The van der Waals surface area contributed by atoms with Crippen LogP contribution in [-0.4, -0.2) is 5.78 Å². The highest BCUT2D eigenvalue weighted by molar-refractivity contribution is 7.19. The van der Waals surface area contributed by atoms with E-state index in [4.69, 9.17) is 0 Å². The number of hydrogen-bond donors (Lipinski definition) is 0. The standard InChI is InChI=1S/C32H26OS2/c1-20-31(26-11-6-7-14-29(26)34-20)24-12-8-13-25(24)32-21(2)35-30-19-22(15-17-27(30)32)16-18-28(33)23-9-4-3-5-10-23/h3-7,9-11,14-19H,8,12-13H2,1-2H3. The molecular formula is C32H26OS2. The molecule has 2 heterocycles. The maximum absolute atomic E-state index is 12.5. The van der Waals surface area contributed by atoms with Crippen LogP contribution in [0.25, 0.3) is 37.4 Å². The smallest absolute Gasteiger partial charge is 0.185 e. The molecule has 1 aliphatic carbocycles. The Morgan fingerprint density at radius 3 is 2.11 bits per heavy atom. The van der Waals surface area contributed by atoms with Gasteiger partial charge in [0.15, 0.2) is 5.78 Å². The van der Waals surface area contributed by atoms with Crippen LogP contribution in [0.15, 0.2) is 78.9 Å². The zero-order valence-corrected chi connectivity index (χ0v) is 21.6. The quantitative estimate of drug-likeness (QED) is 0.177. The van der Waals surface area contributed by atoms with Crippen LogP contribution in [-0.2, 0) is 0 Å². The molecule has 0 N–H and O–H groups in total. The van der Waals surface area contributed by atoms with Gasteiger partial charge in [0, 0.05) is 35.5 Å². The van der Waals surface area contributed by atoms with E-state index in [1.54, 1.807) is 11.6 Å². The molecule has 6 rings (SSSR count). The zero-order chi connectivity index (χ0) is 23.9. The largest absolute Gasteiger partial charge is 0.289 e. The van der Waals surface area contributed by atoms with Crippen molar-refractivity contribution < 1.29 is 4.79 Å². The van der Waals surface area contributed by atoms with Gasteiger partial charge in [-0.3, -0.25) is 4.79 Å². The minimum atomic E-state index is 0.0351. The van der Waals surface area contributed by atoms with E-state index in [1.165, 1.54) is 53.0 Å². The molecule has 3 heteroatoms. The van der Waals surface area contributed by atoms with Crippen molar-refractivity contribution in [2.75, 3.05) is 0 Å². The van der Waals surface area contributed by atoms with Gasteiger partial charge in [-0.25, -0.2) is 0 Å². The van der Waals surface area contributed by atoms with Crippen molar-refractivity contribution >= 4 is 65.9 Å². The van der Waals surface area contributed by atoms with Gasteiger partial charge in [0.1, 0.15) is 0 Å². The summed E-state index contributed by atoms with van der Waals surface area (Å²) >= 11 is 3.78. The van der Waals surface area contributed by atoms with Crippen molar-refractivity contribution in [2.45, 2.75) is 33.1 Å². The molecule has 0 amide bonds. The molecule has 5 aromatic rings. The monoisotopic (exact) mass is 490 g/mol. The van der Waals surface area contributed by atoms with E-state index < -0.39 is 0 Å². The fourth-order valence-electron chi connectivity index (χ4n) is 5.42. The molecule has 35 heavy (non-hydrogen) atoms. The van der Waals surface area contributed by atoms with Crippen molar-refractivity contribution in [3.8, 4) is 0 Å². The molecule has 0 bridgehead atoms. The van der Waals surface area contributed by atoms with Gasteiger partial charge in [0.25, 0.3) is 0 Å². The predicted octanol–water partition coefficient (Wildman–Crippen LogP) is 9.72. The van der Waals surface area contributed by atoms with Crippen LogP contribution in [0.5, 0.6) is 0 Å². The summed E-state index contributed by atoms with van der Waals surface area (Å²) in [5.41, 5.74) is 7.76. The van der Waals surface area contributed by atoms with E-state index in [0.29, 0.717) is 0 Å². The summed E-state index contributed by atoms with van der Waals surface area (Å²) in [6.07, 6.45) is 7.12. The Kier molecular flexibility index (Phi) is 5.75.